The SMILES string of the molecule is CC(C)N(CC1CCNCC1)C1CCc2c(F)cccc21. The number of fused-ring (bicyclic) bond motifs is 1. The van der Waals surface area contributed by atoms with Crippen LogP contribution in [0.15, 0.2) is 18.2 Å². The second-order valence-electron chi connectivity index (χ2n) is 6.85. The Balaban J connectivity index is 1.78. The minimum absolute atomic E-state index is 0.0134. The van der Waals surface area contributed by atoms with Crippen molar-refractivity contribution in [3.05, 3.63) is 35.1 Å². The maximum Gasteiger partial charge on any atom is 0.126 e. The molecule has 1 aliphatic heterocycles. The molecule has 1 N–H and O–H groups in total. The number of rotatable bonds is 4. The molecular formula is C18H27FN2. The van der Waals surface area contributed by atoms with Gasteiger partial charge >= 0.3 is 0 Å². The molecule has 3 heteroatoms. The van der Waals surface area contributed by atoms with Crippen LogP contribution in [0.2, 0.25) is 0 Å². The van der Waals surface area contributed by atoms with Crippen molar-refractivity contribution in [1.29, 1.82) is 0 Å². The van der Waals surface area contributed by atoms with Crippen LogP contribution in [0.3, 0.4) is 0 Å². The number of hydrogen-bond donors (Lipinski definition) is 1. The summed E-state index contributed by atoms with van der Waals surface area (Å²) >= 11 is 0. The van der Waals surface area contributed by atoms with E-state index < -0.39 is 0 Å². The first-order chi connectivity index (χ1) is 10.2. The summed E-state index contributed by atoms with van der Waals surface area (Å²) in [6.07, 6.45) is 4.50. The molecule has 0 radical (unpaired) electrons. The fourth-order valence-electron chi connectivity index (χ4n) is 3.99. The molecule has 1 aliphatic carbocycles. The van der Waals surface area contributed by atoms with Gasteiger partial charge < -0.3 is 5.32 Å². The fourth-order valence-corrected chi connectivity index (χ4v) is 3.99. The predicted molar refractivity (Wildman–Crippen MR) is 84.9 cm³/mol. The van der Waals surface area contributed by atoms with Crippen LogP contribution in [0.25, 0.3) is 0 Å². The maximum atomic E-state index is 14.0. The van der Waals surface area contributed by atoms with E-state index in [1.165, 1.54) is 18.4 Å². The van der Waals surface area contributed by atoms with Crippen LogP contribution in [0, 0.1) is 11.7 Å². The normalized spacial score (nSPS) is 23.0. The van der Waals surface area contributed by atoms with Crippen molar-refractivity contribution in [3.8, 4) is 0 Å². The van der Waals surface area contributed by atoms with E-state index in [9.17, 15) is 4.39 Å². The van der Waals surface area contributed by atoms with E-state index in [4.69, 9.17) is 0 Å². The predicted octanol–water partition coefficient (Wildman–Crippen LogP) is 3.52. The van der Waals surface area contributed by atoms with Gasteiger partial charge in [0.1, 0.15) is 5.82 Å². The van der Waals surface area contributed by atoms with Gasteiger partial charge in [-0.25, -0.2) is 4.39 Å². The third kappa shape index (κ3) is 3.14. The van der Waals surface area contributed by atoms with Crippen LogP contribution in [0.4, 0.5) is 4.39 Å². The lowest BCUT2D eigenvalue weighted by Crippen LogP contribution is -2.41. The van der Waals surface area contributed by atoms with E-state index >= 15 is 0 Å². The summed E-state index contributed by atoms with van der Waals surface area (Å²) in [7, 11) is 0. The van der Waals surface area contributed by atoms with Crippen molar-refractivity contribution in [1.82, 2.24) is 10.2 Å². The van der Waals surface area contributed by atoms with Crippen molar-refractivity contribution < 1.29 is 4.39 Å². The topological polar surface area (TPSA) is 15.3 Å². The number of halogens is 1. The van der Waals surface area contributed by atoms with Crippen LogP contribution in [0.5, 0.6) is 0 Å². The van der Waals surface area contributed by atoms with Gasteiger partial charge in [0.2, 0.25) is 0 Å². The number of nitrogens with one attached hydrogen (secondary N) is 1. The largest absolute Gasteiger partial charge is 0.317 e. The van der Waals surface area contributed by atoms with Gasteiger partial charge in [0.25, 0.3) is 0 Å². The second kappa shape index (κ2) is 6.45. The summed E-state index contributed by atoms with van der Waals surface area (Å²) in [5.74, 6) is 0.770. The number of piperidine rings is 1. The maximum absolute atomic E-state index is 14.0. The van der Waals surface area contributed by atoms with Gasteiger partial charge in [-0.05, 0) is 75.7 Å². The number of nitrogens with zero attached hydrogens (tertiary/aromatic N) is 1. The average molecular weight is 290 g/mol. The molecule has 1 heterocycles. The molecule has 21 heavy (non-hydrogen) atoms. The van der Waals surface area contributed by atoms with Gasteiger partial charge in [0, 0.05) is 18.6 Å². The van der Waals surface area contributed by atoms with Crippen LogP contribution < -0.4 is 5.32 Å². The molecule has 0 bridgehead atoms. The van der Waals surface area contributed by atoms with Crippen LogP contribution in [-0.2, 0) is 6.42 Å². The highest BCUT2D eigenvalue weighted by molar-refractivity contribution is 5.35. The van der Waals surface area contributed by atoms with E-state index in [-0.39, 0.29) is 5.82 Å². The zero-order chi connectivity index (χ0) is 14.8. The summed E-state index contributed by atoms with van der Waals surface area (Å²) in [6, 6.07) is 6.53. The van der Waals surface area contributed by atoms with Crippen molar-refractivity contribution in [2.24, 2.45) is 5.92 Å². The highest BCUT2D eigenvalue weighted by Gasteiger charge is 2.32. The molecule has 0 amide bonds. The summed E-state index contributed by atoms with van der Waals surface area (Å²) in [5.41, 5.74) is 2.19. The molecule has 1 unspecified atom stereocenters. The standard InChI is InChI=1S/C18H27FN2/c1-13(2)21(12-14-8-10-20-11-9-14)18-7-6-15-16(18)4-3-5-17(15)19/h3-5,13-14,18,20H,6-12H2,1-2H3. The molecule has 0 saturated carbocycles. The third-order valence-corrected chi connectivity index (χ3v) is 5.17. The van der Waals surface area contributed by atoms with Crippen LogP contribution in [0.1, 0.15) is 50.3 Å². The summed E-state index contributed by atoms with van der Waals surface area (Å²) in [6.45, 7) is 8.00. The van der Waals surface area contributed by atoms with E-state index in [0.717, 1.165) is 44.0 Å². The Morgan fingerprint density at radius 1 is 1.24 bits per heavy atom. The fraction of sp³-hybridized carbons (Fsp3) is 0.667. The van der Waals surface area contributed by atoms with Gasteiger partial charge in [-0.3, -0.25) is 4.90 Å². The lowest BCUT2D eigenvalue weighted by molar-refractivity contribution is 0.116. The molecule has 1 aromatic carbocycles. The van der Waals surface area contributed by atoms with Crippen LogP contribution >= 0.6 is 0 Å². The van der Waals surface area contributed by atoms with E-state index in [1.54, 1.807) is 6.07 Å². The molecule has 1 atom stereocenters. The highest BCUT2D eigenvalue weighted by atomic mass is 19.1. The van der Waals surface area contributed by atoms with E-state index in [1.807, 2.05) is 6.07 Å². The van der Waals surface area contributed by atoms with Gasteiger partial charge in [-0.1, -0.05) is 12.1 Å². The molecule has 116 valence electrons. The molecular weight excluding hydrogens is 263 g/mol. The Labute approximate surface area is 127 Å². The zero-order valence-electron chi connectivity index (χ0n) is 13.2. The minimum Gasteiger partial charge on any atom is -0.317 e. The molecule has 0 aromatic heterocycles. The van der Waals surface area contributed by atoms with Gasteiger partial charge in [0.15, 0.2) is 0 Å². The molecule has 0 spiro atoms. The first kappa shape index (κ1) is 15.0. The minimum atomic E-state index is -0.0134. The molecule has 1 fully saturated rings. The molecule has 1 saturated heterocycles. The van der Waals surface area contributed by atoms with Crippen molar-refractivity contribution in [2.45, 2.75) is 51.6 Å². The monoisotopic (exact) mass is 290 g/mol. The second-order valence-corrected chi connectivity index (χ2v) is 6.85. The van der Waals surface area contributed by atoms with Gasteiger partial charge in [-0.15, -0.1) is 0 Å². The van der Waals surface area contributed by atoms with E-state index in [0.29, 0.717) is 12.1 Å². The smallest absolute Gasteiger partial charge is 0.126 e. The molecule has 2 nitrogen and oxygen atoms in total. The lowest BCUT2D eigenvalue weighted by Gasteiger charge is -2.37. The summed E-state index contributed by atoms with van der Waals surface area (Å²) in [4.78, 5) is 2.61. The van der Waals surface area contributed by atoms with E-state index in [2.05, 4.69) is 30.1 Å². The summed E-state index contributed by atoms with van der Waals surface area (Å²) in [5, 5.41) is 3.44. The van der Waals surface area contributed by atoms with Gasteiger partial charge in [-0.2, -0.15) is 0 Å². The van der Waals surface area contributed by atoms with Crippen molar-refractivity contribution in [3.63, 3.8) is 0 Å². The lowest BCUT2D eigenvalue weighted by atomic mass is 9.95. The molecule has 2 aliphatic rings. The summed E-state index contributed by atoms with van der Waals surface area (Å²) < 4.78 is 14.0. The van der Waals surface area contributed by atoms with Crippen molar-refractivity contribution >= 4 is 0 Å². The Hall–Kier alpha value is -0.930. The number of benzene rings is 1. The first-order valence-corrected chi connectivity index (χ1v) is 8.40. The highest BCUT2D eigenvalue weighted by Crippen LogP contribution is 2.38. The van der Waals surface area contributed by atoms with Gasteiger partial charge in [0.05, 0.1) is 0 Å². The molecule has 3 rings (SSSR count). The molecule has 1 aromatic rings. The van der Waals surface area contributed by atoms with Crippen LogP contribution in [-0.4, -0.2) is 30.6 Å². The Morgan fingerprint density at radius 2 is 2.00 bits per heavy atom. The zero-order valence-corrected chi connectivity index (χ0v) is 13.2. The number of hydrogen-bond acceptors (Lipinski definition) is 2. The average Bonchev–Trinajstić information content (AvgIpc) is 2.91. The third-order valence-electron chi connectivity index (χ3n) is 5.17. The Kier molecular flexibility index (Phi) is 4.60. The Morgan fingerprint density at radius 3 is 2.71 bits per heavy atom. The first-order valence-electron chi connectivity index (χ1n) is 8.40. The van der Waals surface area contributed by atoms with Crippen molar-refractivity contribution in [2.75, 3.05) is 19.6 Å². The Bertz CT molecular complexity index is 480. The quantitative estimate of drug-likeness (QED) is 0.912.